The molecule has 7 heteroatoms. The summed E-state index contributed by atoms with van der Waals surface area (Å²) in [5, 5.41) is 2.66. The zero-order valence-electron chi connectivity index (χ0n) is 17.7. The van der Waals surface area contributed by atoms with Gasteiger partial charge >= 0.3 is 0 Å². The Morgan fingerprint density at radius 2 is 1.74 bits per heavy atom. The summed E-state index contributed by atoms with van der Waals surface area (Å²) in [7, 11) is 0. The molecule has 2 heterocycles. The van der Waals surface area contributed by atoms with Gasteiger partial charge in [0.1, 0.15) is 0 Å². The number of thiocarbonyl (C=S) groups is 1. The van der Waals surface area contributed by atoms with Gasteiger partial charge in [-0.15, -0.1) is 0 Å². The quantitative estimate of drug-likeness (QED) is 0.457. The Balaban J connectivity index is 1.49. The number of para-hydroxylation sites is 2. The van der Waals surface area contributed by atoms with Crippen molar-refractivity contribution in [1.82, 2.24) is 19.9 Å². The monoisotopic (exact) mass is 435 g/mol. The van der Waals surface area contributed by atoms with Gasteiger partial charge in [-0.3, -0.25) is 15.2 Å². The average Bonchev–Trinajstić information content (AvgIpc) is 3.19. The molecule has 1 amide bonds. The molecule has 0 bridgehead atoms. The van der Waals surface area contributed by atoms with Crippen molar-refractivity contribution in [2.45, 2.75) is 25.7 Å². The van der Waals surface area contributed by atoms with Crippen LogP contribution in [0.4, 0.5) is 0 Å². The van der Waals surface area contributed by atoms with E-state index in [1.54, 1.807) is 5.01 Å². The number of likely N-dealkylation sites (tertiary alicyclic amines) is 1. The van der Waals surface area contributed by atoms with Crippen LogP contribution in [-0.4, -0.2) is 51.7 Å². The van der Waals surface area contributed by atoms with E-state index in [1.165, 1.54) is 19.3 Å². The Bertz CT molecular complexity index is 1040. The molecule has 1 fully saturated rings. The first-order chi connectivity index (χ1) is 15.1. The number of amides is 1. The van der Waals surface area contributed by atoms with Gasteiger partial charge in [-0.1, -0.05) is 42.8 Å². The van der Waals surface area contributed by atoms with Crippen molar-refractivity contribution in [2.75, 3.05) is 26.2 Å². The molecule has 3 aromatic rings. The van der Waals surface area contributed by atoms with Crippen molar-refractivity contribution in [3.63, 3.8) is 0 Å². The fraction of sp³-hybridized carbons (Fsp3) is 0.333. The first kappa shape index (κ1) is 21.3. The Kier molecular flexibility index (Phi) is 6.84. The lowest BCUT2D eigenvalue weighted by Gasteiger charge is -2.28. The van der Waals surface area contributed by atoms with Gasteiger partial charge in [0.25, 0.3) is 5.91 Å². The third kappa shape index (κ3) is 5.06. The first-order valence-corrected chi connectivity index (χ1v) is 11.3. The van der Waals surface area contributed by atoms with E-state index in [2.05, 4.69) is 10.3 Å². The Morgan fingerprint density at radius 3 is 2.48 bits per heavy atom. The number of carbonyl (C=O) groups excluding carboxylic acids is 1. The summed E-state index contributed by atoms with van der Waals surface area (Å²) in [4.78, 5) is 15.7. The van der Waals surface area contributed by atoms with Crippen LogP contribution >= 0.6 is 12.2 Å². The number of hydrogen-bond acceptors (Lipinski definition) is 3. The highest BCUT2D eigenvalue weighted by molar-refractivity contribution is 7.80. The molecule has 0 spiro atoms. The highest BCUT2D eigenvalue weighted by atomic mass is 32.1. The van der Waals surface area contributed by atoms with Gasteiger partial charge in [0, 0.05) is 23.8 Å². The summed E-state index contributed by atoms with van der Waals surface area (Å²) in [5.74, 6) is -0.211. The van der Waals surface area contributed by atoms with Crippen LogP contribution in [0, 0.1) is 0 Å². The van der Waals surface area contributed by atoms with Crippen molar-refractivity contribution in [3.8, 4) is 5.69 Å². The Hall–Kier alpha value is -2.90. The number of benzene rings is 2. The molecule has 0 unspecified atom stereocenters. The Morgan fingerprint density at radius 1 is 1.03 bits per heavy atom. The van der Waals surface area contributed by atoms with Gasteiger partial charge in [0.2, 0.25) is 0 Å². The molecule has 1 aliphatic rings. The molecule has 1 saturated heterocycles. The van der Waals surface area contributed by atoms with Crippen LogP contribution in [0.5, 0.6) is 0 Å². The number of rotatable bonds is 6. The second-order valence-corrected chi connectivity index (χ2v) is 8.37. The fourth-order valence-electron chi connectivity index (χ4n) is 4.20. The van der Waals surface area contributed by atoms with E-state index in [-0.39, 0.29) is 11.0 Å². The predicted octanol–water partition coefficient (Wildman–Crippen LogP) is 3.70. The number of nitrogens with one attached hydrogen (secondary N) is 1. The minimum absolute atomic E-state index is 0.179. The number of aromatic nitrogens is 1. The van der Waals surface area contributed by atoms with Gasteiger partial charge in [0.05, 0.1) is 11.1 Å². The van der Waals surface area contributed by atoms with Gasteiger partial charge < -0.3 is 15.2 Å². The van der Waals surface area contributed by atoms with Crippen LogP contribution in [0.25, 0.3) is 16.6 Å². The van der Waals surface area contributed by atoms with Crippen molar-refractivity contribution < 1.29 is 4.79 Å². The molecular weight excluding hydrogens is 406 g/mol. The van der Waals surface area contributed by atoms with E-state index in [1.807, 2.05) is 65.4 Å². The van der Waals surface area contributed by atoms with Gasteiger partial charge in [-0.05, 0) is 69.3 Å². The summed E-state index contributed by atoms with van der Waals surface area (Å²) in [6.07, 6.45) is 6.62. The summed E-state index contributed by atoms with van der Waals surface area (Å²) >= 11 is 5.20. The zero-order valence-corrected chi connectivity index (χ0v) is 18.5. The van der Waals surface area contributed by atoms with E-state index in [9.17, 15) is 4.79 Å². The summed E-state index contributed by atoms with van der Waals surface area (Å²) in [6.45, 7) is 3.88. The molecule has 0 atom stereocenters. The average molecular weight is 436 g/mol. The van der Waals surface area contributed by atoms with Crippen LogP contribution in [0.1, 0.15) is 36.0 Å². The maximum absolute atomic E-state index is 13.2. The molecular formula is C24H29N5OS. The van der Waals surface area contributed by atoms with Crippen LogP contribution in [0.2, 0.25) is 0 Å². The molecule has 0 radical (unpaired) electrons. The van der Waals surface area contributed by atoms with Gasteiger partial charge in [-0.2, -0.15) is 0 Å². The number of fused-ring (bicyclic) bond motifs is 1. The molecule has 2 aromatic carbocycles. The Labute approximate surface area is 188 Å². The molecule has 0 aliphatic carbocycles. The van der Waals surface area contributed by atoms with E-state index in [0.717, 1.165) is 42.6 Å². The first-order valence-electron chi connectivity index (χ1n) is 10.9. The largest absolute Gasteiger partial charge is 0.375 e. The van der Waals surface area contributed by atoms with E-state index in [0.29, 0.717) is 12.1 Å². The molecule has 6 nitrogen and oxygen atoms in total. The van der Waals surface area contributed by atoms with Crippen LogP contribution < -0.4 is 11.2 Å². The van der Waals surface area contributed by atoms with Crippen molar-refractivity contribution >= 4 is 34.1 Å². The molecule has 1 aromatic heterocycles. The SMILES string of the molecule is NC(=S)N(CCCN1CCCCC1)NC(=O)c1cn(-c2ccccc2)c2ccccc12. The highest BCUT2D eigenvalue weighted by Gasteiger charge is 2.19. The van der Waals surface area contributed by atoms with Crippen LogP contribution in [-0.2, 0) is 0 Å². The molecule has 31 heavy (non-hydrogen) atoms. The highest BCUT2D eigenvalue weighted by Crippen LogP contribution is 2.25. The lowest BCUT2D eigenvalue weighted by Crippen LogP contribution is -2.49. The molecule has 162 valence electrons. The number of hydrogen-bond donors (Lipinski definition) is 2. The fourth-order valence-corrected chi connectivity index (χ4v) is 4.34. The summed E-state index contributed by atoms with van der Waals surface area (Å²) < 4.78 is 2.03. The van der Waals surface area contributed by atoms with Crippen molar-refractivity contribution in [2.24, 2.45) is 5.73 Å². The maximum atomic E-state index is 13.2. The second-order valence-electron chi connectivity index (χ2n) is 7.95. The standard InChI is InChI=1S/C24H29N5OS/c25-24(31)29(17-9-16-27-14-7-2-8-15-27)26-23(30)21-18-28(19-10-3-1-4-11-19)22-13-6-5-12-20(21)22/h1,3-6,10-13,18H,2,7-9,14-17H2,(H2,25,31)(H,26,30). The van der Waals surface area contributed by atoms with E-state index < -0.39 is 0 Å². The lowest BCUT2D eigenvalue weighted by molar-refractivity contribution is 0.0868. The molecule has 0 saturated carbocycles. The van der Waals surface area contributed by atoms with Gasteiger partial charge in [-0.25, -0.2) is 0 Å². The topological polar surface area (TPSA) is 66.5 Å². The predicted molar refractivity (Wildman–Crippen MR) is 129 cm³/mol. The smallest absolute Gasteiger partial charge is 0.272 e. The summed E-state index contributed by atoms with van der Waals surface area (Å²) in [6, 6.07) is 17.9. The van der Waals surface area contributed by atoms with E-state index >= 15 is 0 Å². The zero-order chi connectivity index (χ0) is 21.6. The minimum Gasteiger partial charge on any atom is -0.375 e. The number of piperidine rings is 1. The van der Waals surface area contributed by atoms with E-state index in [4.69, 9.17) is 18.0 Å². The third-order valence-electron chi connectivity index (χ3n) is 5.80. The number of hydrazine groups is 1. The third-order valence-corrected chi connectivity index (χ3v) is 6.02. The number of carbonyl (C=O) groups is 1. The maximum Gasteiger partial charge on any atom is 0.272 e. The molecule has 4 rings (SSSR count). The van der Waals surface area contributed by atoms with Crippen LogP contribution in [0.15, 0.2) is 60.8 Å². The molecule has 3 N–H and O–H groups in total. The number of nitrogens with two attached hydrogens (primary N) is 1. The second kappa shape index (κ2) is 9.94. The molecule has 1 aliphatic heterocycles. The lowest BCUT2D eigenvalue weighted by atomic mass is 10.1. The number of nitrogens with zero attached hydrogens (tertiary/aromatic N) is 3. The summed E-state index contributed by atoms with van der Waals surface area (Å²) in [5.41, 5.74) is 11.4. The van der Waals surface area contributed by atoms with Gasteiger partial charge in [0.15, 0.2) is 5.11 Å². The minimum atomic E-state index is -0.211. The normalized spacial score (nSPS) is 14.5. The van der Waals surface area contributed by atoms with Crippen molar-refractivity contribution in [3.05, 3.63) is 66.4 Å². The van der Waals surface area contributed by atoms with Crippen LogP contribution in [0.3, 0.4) is 0 Å². The van der Waals surface area contributed by atoms with Crippen molar-refractivity contribution in [1.29, 1.82) is 0 Å².